The molecular weight excluding hydrogens is 304 g/mol. The highest BCUT2D eigenvalue weighted by Crippen LogP contribution is 2.29. The summed E-state index contributed by atoms with van der Waals surface area (Å²) >= 11 is 0. The van der Waals surface area contributed by atoms with Crippen molar-refractivity contribution in [2.75, 3.05) is 10.2 Å². The van der Waals surface area contributed by atoms with E-state index >= 15 is 0 Å². The van der Waals surface area contributed by atoms with Crippen LogP contribution in [0.15, 0.2) is 48.5 Å². The molecule has 0 saturated heterocycles. The SMILES string of the molecule is CCCCC(=O)Nc1ccc(N2C(=O)c3ccccc3C2=O)cc1. The summed E-state index contributed by atoms with van der Waals surface area (Å²) in [5, 5.41) is 2.81. The maximum Gasteiger partial charge on any atom is 0.266 e. The van der Waals surface area contributed by atoms with Crippen LogP contribution in [0.5, 0.6) is 0 Å². The number of anilines is 2. The highest BCUT2D eigenvalue weighted by atomic mass is 16.2. The molecule has 3 rings (SSSR count). The standard InChI is InChI=1S/C19H18N2O3/c1-2-3-8-17(22)20-13-9-11-14(12-10-13)21-18(23)15-6-4-5-7-16(15)19(21)24/h4-7,9-12H,2-3,8H2,1H3,(H,20,22). The van der Waals surface area contributed by atoms with E-state index < -0.39 is 0 Å². The molecule has 0 unspecified atom stereocenters. The Kier molecular flexibility index (Phi) is 4.42. The third kappa shape index (κ3) is 2.93. The lowest BCUT2D eigenvalue weighted by Crippen LogP contribution is -2.29. The Morgan fingerprint density at radius 2 is 1.54 bits per heavy atom. The van der Waals surface area contributed by atoms with Gasteiger partial charge in [0.2, 0.25) is 5.91 Å². The molecule has 0 aromatic heterocycles. The molecule has 1 aliphatic rings. The van der Waals surface area contributed by atoms with Crippen LogP contribution < -0.4 is 10.2 Å². The Balaban J connectivity index is 1.76. The third-order valence-corrected chi connectivity index (χ3v) is 3.96. The first-order chi connectivity index (χ1) is 11.6. The van der Waals surface area contributed by atoms with Crippen molar-refractivity contribution in [1.82, 2.24) is 0 Å². The molecule has 0 bridgehead atoms. The second-order valence-electron chi connectivity index (χ2n) is 5.69. The average Bonchev–Trinajstić information content (AvgIpc) is 2.85. The van der Waals surface area contributed by atoms with Gasteiger partial charge in [-0.25, -0.2) is 4.90 Å². The zero-order chi connectivity index (χ0) is 17.1. The van der Waals surface area contributed by atoms with Crippen LogP contribution >= 0.6 is 0 Å². The number of carbonyl (C=O) groups excluding carboxylic acids is 3. The van der Waals surface area contributed by atoms with Crippen LogP contribution in [0.1, 0.15) is 46.9 Å². The molecular formula is C19H18N2O3. The lowest BCUT2D eigenvalue weighted by Gasteiger charge is -2.14. The van der Waals surface area contributed by atoms with Crippen LogP contribution in [0.4, 0.5) is 11.4 Å². The van der Waals surface area contributed by atoms with Crippen molar-refractivity contribution >= 4 is 29.1 Å². The van der Waals surface area contributed by atoms with Crippen molar-refractivity contribution in [2.45, 2.75) is 26.2 Å². The van der Waals surface area contributed by atoms with Crippen molar-refractivity contribution in [3.8, 4) is 0 Å². The lowest BCUT2D eigenvalue weighted by atomic mass is 10.1. The van der Waals surface area contributed by atoms with Gasteiger partial charge < -0.3 is 5.32 Å². The number of rotatable bonds is 5. The molecule has 1 aliphatic heterocycles. The Bertz CT molecular complexity index is 762. The average molecular weight is 322 g/mol. The van der Waals surface area contributed by atoms with Gasteiger partial charge in [0.25, 0.3) is 11.8 Å². The van der Waals surface area contributed by atoms with Gasteiger partial charge in [0.05, 0.1) is 16.8 Å². The number of fused-ring (bicyclic) bond motifs is 1. The van der Waals surface area contributed by atoms with Crippen molar-refractivity contribution in [2.24, 2.45) is 0 Å². The van der Waals surface area contributed by atoms with Crippen molar-refractivity contribution in [1.29, 1.82) is 0 Å². The van der Waals surface area contributed by atoms with Gasteiger partial charge in [-0.2, -0.15) is 0 Å². The van der Waals surface area contributed by atoms with Crippen LogP contribution in [-0.2, 0) is 4.79 Å². The van der Waals surface area contributed by atoms with Gasteiger partial charge in [0.15, 0.2) is 0 Å². The summed E-state index contributed by atoms with van der Waals surface area (Å²) in [7, 11) is 0. The van der Waals surface area contributed by atoms with E-state index in [1.807, 2.05) is 6.92 Å². The molecule has 1 N–H and O–H groups in total. The van der Waals surface area contributed by atoms with Gasteiger partial charge >= 0.3 is 0 Å². The monoisotopic (exact) mass is 322 g/mol. The molecule has 5 heteroatoms. The summed E-state index contributed by atoms with van der Waals surface area (Å²) in [6, 6.07) is 13.5. The van der Waals surface area contributed by atoms with Crippen molar-refractivity contribution in [3.63, 3.8) is 0 Å². The first-order valence-corrected chi connectivity index (χ1v) is 7.99. The smallest absolute Gasteiger partial charge is 0.266 e. The summed E-state index contributed by atoms with van der Waals surface area (Å²) in [5.41, 5.74) is 1.98. The Morgan fingerprint density at radius 3 is 2.08 bits per heavy atom. The second kappa shape index (κ2) is 6.66. The van der Waals surface area contributed by atoms with Crippen LogP contribution in [0.3, 0.4) is 0 Å². The molecule has 2 aromatic carbocycles. The van der Waals surface area contributed by atoms with E-state index in [4.69, 9.17) is 0 Å². The molecule has 1 heterocycles. The zero-order valence-corrected chi connectivity index (χ0v) is 13.4. The number of carbonyl (C=O) groups is 3. The van der Waals surface area contributed by atoms with Crippen LogP contribution in [0.2, 0.25) is 0 Å². The highest BCUT2D eigenvalue weighted by molar-refractivity contribution is 6.34. The quantitative estimate of drug-likeness (QED) is 0.855. The summed E-state index contributed by atoms with van der Waals surface area (Å²) in [5.74, 6) is -0.684. The molecule has 5 nitrogen and oxygen atoms in total. The normalized spacial score (nSPS) is 13.1. The topological polar surface area (TPSA) is 66.5 Å². The van der Waals surface area contributed by atoms with Crippen LogP contribution in [0.25, 0.3) is 0 Å². The number of nitrogens with one attached hydrogen (secondary N) is 1. The molecule has 3 amide bonds. The number of imide groups is 1. The highest BCUT2D eigenvalue weighted by Gasteiger charge is 2.36. The zero-order valence-electron chi connectivity index (χ0n) is 13.4. The van der Waals surface area contributed by atoms with E-state index in [1.165, 1.54) is 0 Å². The summed E-state index contributed by atoms with van der Waals surface area (Å²) in [6.45, 7) is 2.03. The Labute approximate surface area is 140 Å². The molecule has 0 radical (unpaired) electrons. The predicted molar refractivity (Wildman–Crippen MR) is 92.2 cm³/mol. The predicted octanol–water partition coefficient (Wildman–Crippen LogP) is 3.62. The summed E-state index contributed by atoms with van der Waals surface area (Å²) in [4.78, 5) is 37.7. The van der Waals surface area contributed by atoms with Gasteiger partial charge in [0, 0.05) is 12.1 Å². The maximum absolute atomic E-state index is 12.4. The number of hydrogen-bond donors (Lipinski definition) is 1. The van der Waals surface area contributed by atoms with Gasteiger partial charge in [-0.1, -0.05) is 25.5 Å². The molecule has 24 heavy (non-hydrogen) atoms. The summed E-state index contributed by atoms with van der Waals surface area (Å²) < 4.78 is 0. The minimum atomic E-state index is -0.324. The molecule has 0 atom stereocenters. The molecule has 0 saturated carbocycles. The maximum atomic E-state index is 12.4. The largest absolute Gasteiger partial charge is 0.326 e. The molecule has 0 aliphatic carbocycles. The number of unbranched alkanes of at least 4 members (excludes halogenated alkanes) is 1. The second-order valence-corrected chi connectivity index (χ2v) is 5.69. The van der Waals surface area contributed by atoms with Crippen molar-refractivity contribution < 1.29 is 14.4 Å². The number of benzene rings is 2. The third-order valence-electron chi connectivity index (χ3n) is 3.96. The molecule has 0 spiro atoms. The van der Waals surface area contributed by atoms with E-state index in [-0.39, 0.29) is 17.7 Å². The van der Waals surface area contributed by atoms with E-state index in [1.54, 1.807) is 48.5 Å². The fourth-order valence-corrected chi connectivity index (χ4v) is 2.68. The fraction of sp³-hybridized carbons (Fsp3) is 0.211. The molecule has 122 valence electrons. The van der Waals surface area contributed by atoms with Crippen LogP contribution in [0, 0.1) is 0 Å². The molecule has 2 aromatic rings. The summed E-state index contributed by atoms with van der Waals surface area (Å²) in [6.07, 6.45) is 2.29. The first-order valence-electron chi connectivity index (χ1n) is 7.99. The number of nitrogens with zero attached hydrogens (tertiary/aromatic N) is 1. The van der Waals surface area contributed by atoms with E-state index in [9.17, 15) is 14.4 Å². The minimum Gasteiger partial charge on any atom is -0.326 e. The number of hydrogen-bond acceptors (Lipinski definition) is 3. The lowest BCUT2D eigenvalue weighted by molar-refractivity contribution is -0.116. The van der Waals surface area contributed by atoms with Gasteiger partial charge in [-0.3, -0.25) is 14.4 Å². The van der Waals surface area contributed by atoms with Gasteiger partial charge in [0.1, 0.15) is 0 Å². The van der Waals surface area contributed by atoms with Gasteiger partial charge in [-0.05, 0) is 42.8 Å². The van der Waals surface area contributed by atoms with E-state index in [2.05, 4.69) is 5.32 Å². The Hall–Kier alpha value is -2.95. The van der Waals surface area contributed by atoms with E-state index in [0.29, 0.717) is 28.9 Å². The first kappa shape index (κ1) is 15.9. The van der Waals surface area contributed by atoms with Gasteiger partial charge in [-0.15, -0.1) is 0 Å². The minimum absolute atomic E-state index is 0.0367. The Morgan fingerprint density at radius 1 is 0.958 bits per heavy atom. The molecule has 0 fully saturated rings. The van der Waals surface area contributed by atoms with Crippen molar-refractivity contribution in [3.05, 3.63) is 59.7 Å². The van der Waals surface area contributed by atoms with E-state index in [0.717, 1.165) is 17.7 Å². The fourth-order valence-electron chi connectivity index (χ4n) is 2.68. The number of amides is 3. The van der Waals surface area contributed by atoms with Crippen LogP contribution in [-0.4, -0.2) is 17.7 Å².